The molecule has 17 heavy (non-hydrogen) atoms. The van der Waals surface area contributed by atoms with Crippen molar-refractivity contribution in [1.82, 2.24) is 4.57 Å². The maximum Gasteiger partial charge on any atom is 0.0483 e. The van der Waals surface area contributed by atoms with E-state index < -0.39 is 0 Å². The maximum absolute atomic E-state index is 6.04. The van der Waals surface area contributed by atoms with E-state index in [9.17, 15) is 0 Å². The molecule has 0 aliphatic heterocycles. The van der Waals surface area contributed by atoms with E-state index >= 15 is 0 Å². The summed E-state index contributed by atoms with van der Waals surface area (Å²) >= 11 is 8.02. The molecule has 3 heteroatoms. The first-order valence-electron chi connectivity index (χ1n) is 6.01. The molecule has 0 radical (unpaired) electrons. The summed E-state index contributed by atoms with van der Waals surface area (Å²) in [6.45, 7) is 7.68. The summed E-state index contributed by atoms with van der Waals surface area (Å²) < 4.78 is 2.38. The monoisotopic (exact) mass is 267 g/mol. The molecule has 1 nitrogen and oxygen atoms in total. The first-order valence-corrected chi connectivity index (χ1v) is 7.43. The molecule has 0 unspecified atom stereocenters. The molecule has 0 N–H and O–H groups in total. The van der Waals surface area contributed by atoms with Crippen molar-refractivity contribution in [2.24, 2.45) is 0 Å². The van der Waals surface area contributed by atoms with Crippen molar-refractivity contribution in [3.05, 3.63) is 35.0 Å². The Bertz CT molecular complexity index is 516. The molecule has 0 fully saturated rings. The second kappa shape index (κ2) is 5.36. The molecule has 0 amide bonds. The summed E-state index contributed by atoms with van der Waals surface area (Å²) in [7, 11) is 0. The van der Waals surface area contributed by atoms with Crippen LogP contribution >= 0.6 is 23.4 Å². The largest absolute Gasteiger partial charge is 0.344 e. The lowest BCUT2D eigenvalue weighted by Gasteiger charge is -2.09. The van der Waals surface area contributed by atoms with Crippen molar-refractivity contribution in [2.75, 3.05) is 0 Å². The fraction of sp³-hybridized carbons (Fsp3) is 0.429. The molecule has 0 spiro atoms. The molecule has 0 saturated heterocycles. The molecular weight excluding hydrogens is 250 g/mol. The van der Waals surface area contributed by atoms with E-state index in [1.807, 2.05) is 23.9 Å². The summed E-state index contributed by atoms with van der Waals surface area (Å²) in [4.78, 5) is 0. The summed E-state index contributed by atoms with van der Waals surface area (Å²) in [6.07, 6.45) is 0. The Labute approximate surface area is 112 Å². The highest BCUT2D eigenvalue weighted by atomic mass is 35.5. The minimum absolute atomic E-state index is 0.668. The quantitative estimate of drug-likeness (QED) is 0.758. The number of aryl methyl sites for hydroxylation is 1. The van der Waals surface area contributed by atoms with Gasteiger partial charge in [0, 0.05) is 33.9 Å². The van der Waals surface area contributed by atoms with Crippen LogP contribution in [0.4, 0.5) is 0 Å². The summed E-state index contributed by atoms with van der Waals surface area (Å²) in [5, 5.41) is 2.73. The Morgan fingerprint density at radius 3 is 2.71 bits per heavy atom. The minimum Gasteiger partial charge on any atom is -0.344 e. The number of thioether (sulfide) groups is 1. The zero-order chi connectivity index (χ0) is 12.4. The molecule has 0 bridgehead atoms. The minimum atomic E-state index is 0.668. The topological polar surface area (TPSA) is 4.93 Å². The lowest BCUT2D eigenvalue weighted by Crippen LogP contribution is -2.00. The van der Waals surface area contributed by atoms with Gasteiger partial charge in [-0.2, -0.15) is 11.8 Å². The van der Waals surface area contributed by atoms with E-state index in [4.69, 9.17) is 11.6 Å². The molecule has 2 aromatic rings. The van der Waals surface area contributed by atoms with Crippen LogP contribution in [0.15, 0.2) is 24.3 Å². The van der Waals surface area contributed by atoms with Crippen LogP contribution in [0.25, 0.3) is 10.9 Å². The lowest BCUT2D eigenvalue weighted by atomic mass is 10.2. The standard InChI is InChI=1S/C14H18ClNS/c1-4-16-13(9-17-10(2)3)8-11-7-12(15)5-6-14(11)16/h5-8,10H,4,9H2,1-3H3. The van der Waals surface area contributed by atoms with Crippen LogP contribution in [0.5, 0.6) is 0 Å². The highest BCUT2D eigenvalue weighted by Crippen LogP contribution is 2.27. The van der Waals surface area contributed by atoms with Gasteiger partial charge in [-0.15, -0.1) is 0 Å². The Morgan fingerprint density at radius 1 is 1.29 bits per heavy atom. The third-order valence-electron chi connectivity index (χ3n) is 2.83. The predicted octanol–water partition coefficient (Wildman–Crippen LogP) is 4.96. The van der Waals surface area contributed by atoms with E-state index in [-0.39, 0.29) is 0 Å². The van der Waals surface area contributed by atoms with Crippen LogP contribution in [0, 0.1) is 0 Å². The van der Waals surface area contributed by atoms with Gasteiger partial charge in [0.1, 0.15) is 0 Å². The van der Waals surface area contributed by atoms with Crippen LogP contribution in [0.1, 0.15) is 26.5 Å². The number of fused-ring (bicyclic) bond motifs is 1. The average Bonchev–Trinajstić information content (AvgIpc) is 2.62. The number of rotatable bonds is 4. The number of hydrogen-bond acceptors (Lipinski definition) is 1. The van der Waals surface area contributed by atoms with Crippen LogP contribution in [0.2, 0.25) is 5.02 Å². The lowest BCUT2D eigenvalue weighted by molar-refractivity contribution is 0.765. The van der Waals surface area contributed by atoms with Crippen molar-refractivity contribution in [3.63, 3.8) is 0 Å². The van der Waals surface area contributed by atoms with E-state index in [0.717, 1.165) is 17.3 Å². The van der Waals surface area contributed by atoms with Crippen molar-refractivity contribution < 1.29 is 0 Å². The highest BCUT2D eigenvalue weighted by molar-refractivity contribution is 7.99. The third-order valence-corrected chi connectivity index (χ3v) is 4.19. The maximum atomic E-state index is 6.04. The van der Waals surface area contributed by atoms with Crippen molar-refractivity contribution >= 4 is 34.3 Å². The molecule has 0 saturated carbocycles. The van der Waals surface area contributed by atoms with Gasteiger partial charge in [0.05, 0.1) is 0 Å². The van der Waals surface area contributed by atoms with Crippen LogP contribution < -0.4 is 0 Å². The van der Waals surface area contributed by atoms with E-state index in [1.165, 1.54) is 16.6 Å². The van der Waals surface area contributed by atoms with Gasteiger partial charge in [-0.3, -0.25) is 0 Å². The molecule has 1 aromatic heterocycles. The molecule has 0 aliphatic carbocycles. The number of nitrogens with zero attached hydrogens (tertiary/aromatic N) is 1. The van der Waals surface area contributed by atoms with Crippen LogP contribution in [0.3, 0.4) is 0 Å². The summed E-state index contributed by atoms with van der Waals surface area (Å²) in [5.41, 5.74) is 2.68. The number of aromatic nitrogens is 1. The van der Waals surface area contributed by atoms with Gasteiger partial charge >= 0.3 is 0 Å². The van der Waals surface area contributed by atoms with Gasteiger partial charge in [-0.1, -0.05) is 25.4 Å². The van der Waals surface area contributed by atoms with Crippen LogP contribution in [-0.4, -0.2) is 9.82 Å². The average molecular weight is 268 g/mol. The molecule has 1 heterocycles. The highest BCUT2D eigenvalue weighted by Gasteiger charge is 2.08. The summed E-state index contributed by atoms with van der Waals surface area (Å²) in [5.74, 6) is 1.07. The second-order valence-corrected chi connectivity index (χ2v) is 6.44. The van der Waals surface area contributed by atoms with Gasteiger partial charge < -0.3 is 4.57 Å². The summed E-state index contributed by atoms with van der Waals surface area (Å²) in [6, 6.07) is 8.40. The van der Waals surface area contributed by atoms with Crippen molar-refractivity contribution in [3.8, 4) is 0 Å². The first kappa shape index (κ1) is 12.8. The first-order chi connectivity index (χ1) is 8.11. The zero-order valence-electron chi connectivity index (χ0n) is 10.5. The normalized spacial score (nSPS) is 11.6. The second-order valence-electron chi connectivity index (χ2n) is 4.44. The molecule has 1 aromatic carbocycles. The van der Waals surface area contributed by atoms with E-state index in [0.29, 0.717) is 5.25 Å². The fourth-order valence-electron chi connectivity index (χ4n) is 2.04. The Balaban J connectivity index is 2.41. The van der Waals surface area contributed by atoms with Crippen LogP contribution in [-0.2, 0) is 12.3 Å². The van der Waals surface area contributed by atoms with Gasteiger partial charge in [0.2, 0.25) is 0 Å². The Morgan fingerprint density at radius 2 is 2.06 bits per heavy atom. The number of halogens is 1. The third kappa shape index (κ3) is 2.80. The van der Waals surface area contributed by atoms with Gasteiger partial charge in [-0.25, -0.2) is 0 Å². The molecule has 0 atom stereocenters. The molecule has 2 rings (SSSR count). The smallest absolute Gasteiger partial charge is 0.0483 e. The zero-order valence-corrected chi connectivity index (χ0v) is 12.1. The van der Waals surface area contributed by atoms with Gasteiger partial charge in [0.15, 0.2) is 0 Å². The number of benzene rings is 1. The van der Waals surface area contributed by atoms with Crippen molar-refractivity contribution in [1.29, 1.82) is 0 Å². The Kier molecular flexibility index (Phi) is 4.05. The van der Waals surface area contributed by atoms with Gasteiger partial charge in [0.25, 0.3) is 0 Å². The van der Waals surface area contributed by atoms with E-state index in [2.05, 4.69) is 37.5 Å². The van der Waals surface area contributed by atoms with E-state index in [1.54, 1.807) is 0 Å². The fourth-order valence-corrected chi connectivity index (χ4v) is 2.97. The molecule has 92 valence electrons. The molecule has 0 aliphatic rings. The predicted molar refractivity (Wildman–Crippen MR) is 79.1 cm³/mol. The SMILES string of the molecule is CCn1c(CSC(C)C)cc2cc(Cl)ccc21. The molecular formula is C14H18ClNS. The number of hydrogen-bond donors (Lipinski definition) is 0. The van der Waals surface area contributed by atoms with Crippen molar-refractivity contribution in [2.45, 2.75) is 38.3 Å². The van der Waals surface area contributed by atoms with Gasteiger partial charge in [-0.05, 0) is 36.4 Å². The Hall–Kier alpha value is -0.600.